The standard InChI is InChI=1S/C15H14FN3O3/c1-7-11-13(20)14(21)12(17-15(11)19(2)18-7)9-5-4-8(22-3)6-10(9)16/h4-6,21H,1-3H3,(H,17,20). The smallest absolute Gasteiger partial charge is 0.235 e. The first-order valence-corrected chi connectivity index (χ1v) is 6.56. The van der Waals surface area contributed by atoms with E-state index in [1.165, 1.54) is 23.9 Å². The summed E-state index contributed by atoms with van der Waals surface area (Å²) in [7, 11) is 3.09. The van der Waals surface area contributed by atoms with Gasteiger partial charge in [-0.25, -0.2) is 4.39 Å². The van der Waals surface area contributed by atoms with Crippen LogP contribution in [0.3, 0.4) is 0 Å². The lowest BCUT2D eigenvalue weighted by Gasteiger charge is -2.08. The maximum Gasteiger partial charge on any atom is 0.235 e. The SMILES string of the molecule is COc1ccc(-c2[nH]c3c(c(C)nn3C)c(=O)c2O)c(F)c1. The molecule has 0 unspecified atom stereocenters. The molecular weight excluding hydrogens is 289 g/mol. The molecule has 3 aromatic rings. The van der Waals surface area contributed by atoms with Crippen molar-refractivity contribution in [2.45, 2.75) is 6.92 Å². The fraction of sp³-hybridized carbons (Fsp3) is 0.200. The molecule has 0 radical (unpaired) electrons. The number of halogens is 1. The van der Waals surface area contributed by atoms with Crippen LogP contribution in [0.1, 0.15) is 5.69 Å². The van der Waals surface area contributed by atoms with Crippen LogP contribution in [0.25, 0.3) is 22.3 Å². The van der Waals surface area contributed by atoms with Gasteiger partial charge in [0.15, 0.2) is 5.75 Å². The molecule has 7 heteroatoms. The lowest BCUT2D eigenvalue weighted by atomic mass is 10.1. The quantitative estimate of drug-likeness (QED) is 0.759. The molecule has 0 saturated carbocycles. The number of methoxy groups -OCH3 is 1. The zero-order chi connectivity index (χ0) is 16.0. The first kappa shape index (κ1) is 14.1. The number of aryl methyl sites for hydroxylation is 2. The van der Waals surface area contributed by atoms with E-state index in [0.29, 0.717) is 17.1 Å². The fourth-order valence-corrected chi connectivity index (χ4v) is 2.50. The van der Waals surface area contributed by atoms with Crippen molar-refractivity contribution in [2.24, 2.45) is 7.05 Å². The predicted octanol–water partition coefficient (Wildman–Crippen LogP) is 2.09. The molecule has 3 rings (SSSR count). The Bertz CT molecular complexity index is 943. The third kappa shape index (κ3) is 1.93. The molecular formula is C15H14FN3O3. The van der Waals surface area contributed by atoms with Crippen LogP contribution in [-0.2, 0) is 7.05 Å². The van der Waals surface area contributed by atoms with Crippen LogP contribution in [0.15, 0.2) is 23.0 Å². The molecule has 2 heterocycles. The third-order valence-electron chi connectivity index (χ3n) is 3.59. The Morgan fingerprint density at radius 1 is 1.41 bits per heavy atom. The lowest BCUT2D eigenvalue weighted by molar-refractivity contribution is 0.411. The van der Waals surface area contributed by atoms with Crippen molar-refractivity contribution in [1.29, 1.82) is 0 Å². The van der Waals surface area contributed by atoms with Crippen molar-refractivity contribution in [2.75, 3.05) is 7.11 Å². The summed E-state index contributed by atoms with van der Waals surface area (Å²) in [4.78, 5) is 15.2. The minimum absolute atomic E-state index is 0.0145. The van der Waals surface area contributed by atoms with E-state index in [2.05, 4.69) is 10.1 Å². The molecule has 114 valence electrons. The van der Waals surface area contributed by atoms with E-state index in [4.69, 9.17) is 4.74 Å². The second kappa shape index (κ2) is 4.87. The predicted molar refractivity (Wildman–Crippen MR) is 79.7 cm³/mol. The van der Waals surface area contributed by atoms with Gasteiger partial charge in [0.05, 0.1) is 23.9 Å². The van der Waals surface area contributed by atoms with Gasteiger partial charge in [0.25, 0.3) is 0 Å². The van der Waals surface area contributed by atoms with Gasteiger partial charge in [0.2, 0.25) is 5.43 Å². The van der Waals surface area contributed by atoms with Gasteiger partial charge >= 0.3 is 0 Å². The van der Waals surface area contributed by atoms with E-state index < -0.39 is 17.0 Å². The Labute approximate surface area is 124 Å². The summed E-state index contributed by atoms with van der Waals surface area (Å²) in [5, 5.41) is 14.6. The average molecular weight is 303 g/mol. The number of aromatic hydroxyl groups is 1. The van der Waals surface area contributed by atoms with Gasteiger partial charge in [0, 0.05) is 18.7 Å². The monoisotopic (exact) mass is 303 g/mol. The fourth-order valence-electron chi connectivity index (χ4n) is 2.50. The number of aromatic nitrogens is 3. The summed E-state index contributed by atoms with van der Waals surface area (Å²) in [5.41, 5.74) is 0.433. The first-order chi connectivity index (χ1) is 10.4. The zero-order valence-corrected chi connectivity index (χ0v) is 12.3. The second-order valence-corrected chi connectivity index (χ2v) is 4.96. The summed E-state index contributed by atoms with van der Waals surface area (Å²) in [6.07, 6.45) is 0. The van der Waals surface area contributed by atoms with E-state index in [1.807, 2.05) is 0 Å². The maximum atomic E-state index is 14.2. The molecule has 2 aromatic heterocycles. The van der Waals surface area contributed by atoms with Crippen LogP contribution >= 0.6 is 0 Å². The van der Waals surface area contributed by atoms with E-state index in [1.54, 1.807) is 20.0 Å². The van der Waals surface area contributed by atoms with Gasteiger partial charge in [-0.2, -0.15) is 5.10 Å². The highest BCUT2D eigenvalue weighted by Gasteiger charge is 2.19. The van der Waals surface area contributed by atoms with Gasteiger partial charge in [-0.3, -0.25) is 9.48 Å². The number of fused-ring (bicyclic) bond motifs is 1. The molecule has 0 aliphatic carbocycles. The highest BCUT2D eigenvalue weighted by Crippen LogP contribution is 2.31. The minimum Gasteiger partial charge on any atom is -0.503 e. The van der Waals surface area contributed by atoms with Crippen LogP contribution in [0.4, 0.5) is 4.39 Å². The van der Waals surface area contributed by atoms with E-state index in [-0.39, 0.29) is 16.6 Å². The third-order valence-corrected chi connectivity index (χ3v) is 3.59. The molecule has 2 N–H and O–H groups in total. The second-order valence-electron chi connectivity index (χ2n) is 4.96. The number of benzene rings is 1. The number of nitrogens with one attached hydrogen (secondary N) is 1. The molecule has 1 aromatic carbocycles. The topological polar surface area (TPSA) is 80.1 Å². The molecule has 0 aliphatic heterocycles. The normalized spacial score (nSPS) is 11.1. The maximum absolute atomic E-state index is 14.2. The Morgan fingerprint density at radius 2 is 2.14 bits per heavy atom. The van der Waals surface area contributed by atoms with Crippen molar-refractivity contribution in [1.82, 2.24) is 14.8 Å². The Balaban J connectivity index is 2.35. The summed E-state index contributed by atoms with van der Waals surface area (Å²) in [6, 6.07) is 4.18. The average Bonchev–Trinajstić information content (AvgIpc) is 2.77. The van der Waals surface area contributed by atoms with E-state index in [0.717, 1.165) is 0 Å². The van der Waals surface area contributed by atoms with Crippen molar-refractivity contribution >= 4 is 11.0 Å². The molecule has 0 saturated heterocycles. The summed E-state index contributed by atoms with van der Waals surface area (Å²) < 4.78 is 20.6. The molecule has 0 atom stereocenters. The van der Waals surface area contributed by atoms with Gasteiger partial charge in [-0.05, 0) is 19.1 Å². The molecule has 0 amide bonds. The van der Waals surface area contributed by atoms with Crippen LogP contribution in [0.2, 0.25) is 0 Å². The molecule has 0 aliphatic rings. The molecule has 22 heavy (non-hydrogen) atoms. The Kier molecular flexibility index (Phi) is 3.13. The number of H-pyrrole nitrogens is 1. The molecule has 0 fully saturated rings. The zero-order valence-electron chi connectivity index (χ0n) is 12.3. The lowest BCUT2D eigenvalue weighted by Crippen LogP contribution is -2.06. The number of aromatic amines is 1. The van der Waals surface area contributed by atoms with Crippen LogP contribution < -0.4 is 10.2 Å². The van der Waals surface area contributed by atoms with E-state index in [9.17, 15) is 14.3 Å². The Hall–Kier alpha value is -2.83. The van der Waals surface area contributed by atoms with Crippen LogP contribution in [0, 0.1) is 12.7 Å². The van der Waals surface area contributed by atoms with Crippen molar-refractivity contribution in [3.63, 3.8) is 0 Å². The highest BCUT2D eigenvalue weighted by atomic mass is 19.1. The van der Waals surface area contributed by atoms with Gasteiger partial charge < -0.3 is 14.8 Å². The summed E-state index contributed by atoms with van der Waals surface area (Å²) in [5.74, 6) is -0.795. The highest BCUT2D eigenvalue weighted by molar-refractivity contribution is 5.84. The van der Waals surface area contributed by atoms with Crippen LogP contribution in [0.5, 0.6) is 11.5 Å². The molecule has 0 spiro atoms. The number of nitrogens with zero attached hydrogens (tertiary/aromatic N) is 2. The van der Waals surface area contributed by atoms with Gasteiger partial charge in [-0.1, -0.05) is 0 Å². The van der Waals surface area contributed by atoms with Gasteiger partial charge in [0.1, 0.15) is 17.2 Å². The van der Waals surface area contributed by atoms with Crippen molar-refractivity contribution in [3.8, 4) is 22.8 Å². The summed E-state index contributed by atoms with van der Waals surface area (Å²) >= 11 is 0. The van der Waals surface area contributed by atoms with Crippen LogP contribution in [-0.4, -0.2) is 27.0 Å². The van der Waals surface area contributed by atoms with E-state index >= 15 is 0 Å². The number of hydrogen-bond acceptors (Lipinski definition) is 4. The summed E-state index contributed by atoms with van der Waals surface area (Å²) in [6.45, 7) is 1.67. The number of ether oxygens (including phenoxy) is 1. The molecule has 6 nitrogen and oxygen atoms in total. The number of pyridine rings is 1. The van der Waals surface area contributed by atoms with Gasteiger partial charge in [-0.15, -0.1) is 0 Å². The first-order valence-electron chi connectivity index (χ1n) is 6.56. The molecule has 0 bridgehead atoms. The number of hydrogen-bond donors (Lipinski definition) is 2. The van der Waals surface area contributed by atoms with Crippen molar-refractivity contribution < 1.29 is 14.2 Å². The Morgan fingerprint density at radius 3 is 2.77 bits per heavy atom. The number of rotatable bonds is 2. The largest absolute Gasteiger partial charge is 0.503 e. The van der Waals surface area contributed by atoms with Crippen molar-refractivity contribution in [3.05, 3.63) is 39.9 Å². The minimum atomic E-state index is -0.608.